The molecule has 4 aliphatic rings. The van der Waals surface area contributed by atoms with Crippen molar-refractivity contribution in [2.75, 3.05) is 6.26 Å². The Morgan fingerprint density at radius 1 is 1.30 bits per heavy atom. The van der Waals surface area contributed by atoms with E-state index in [0.717, 1.165) is 35.0 Å². The molecule has 0 atom stereocenters. The summed E-state index contributed by atoms with van der Waals surface area (Å²) in [5.41, 5.74) is 1.41. The average Bonchev–Trinajstić information content (AvgIpc) is 2.83. The Morgan fingerprint density at radius 3 is 2.43 bits per heavy atom. The molecule has 5 heteroatoms. The number of amides is 1. The van der Waals surface area contributed by atoms with Gasteiger partial charge >= 0.3 is 0 Å². The molecule has 0 spiro atoms. The highest BCUT2D eigenvalue weighted by Gasteiger charge is 2.51. The molecule has 0 aliphatic heterocycles. The topological polar surface area (TPSA) is 46.9 Å². The van der Waals surface area contributed by atoms with E-state index in [1.807, 2.05) is 19.5 Å². The van der Waals surface area contributed by atoms with Crippen LogP contribution in [0.15, 0.2) is 11.4 Å². The first kappa shape index (κ1) is 15.6. The summed E-state index contributed by atoms with van der Waals surface area (Å²) in [5.74, 6) is 2.97. The number of imidazole rings is 1. The van der Waals surface area contributed by atoms with E-state index in [2.05, 4.69) is 14.9 Å². The van der Waals surface area contributed by atoms with E-state index < -0.39 is 0 Å². The number of rotatable bonds is 5. The molecule has 4 aliphatic carbocycles. The quantitative estimate of drug-likeness (QED) is 0.841. The van der Waals surface area contributed by atoms with Crippen LogP contribution in [0.25, 0.3) is 0 Å². The molecule has 4 nitrogen and oxygen atoms in total. The highest BCUT2D eigenvalue weighted by molar-refractivity contribution is 7.98. The minimum Gasteiger partial charge on any atom is -0.350 e. The molecule has 0 aromatic carbocycles. The minimum absolute atomic E-state index is 0.235. The van der Waals surface area contributed by atoms with E-state index in [1.54, 1.807) is 11.8 Å². The van der Waals surface area contributed by atoms with Crippen LogP contribution in [-0.4, -0.2) is 21.7 Å². The summed E-state index contributed by atoms with van der Waals surface area (Å²) in [6.07, 6.45) is 12.9. The van der Waals surface area contributed by atoms with E-state index in [0.29, 0.717) is 12.0 Å². The highest BCUT2D eigenvalue weighted by atomic mass is 32.2. The summed E-state index contributed by atoms with van der Waals surface area (Å²) in [6, 6.07) is 0. The van der Waals surface area contributed by atoms with E-state index >= 15 is 0 Å². The lowest BCUT2D eigenvalue weighted by molar-refractivity contribution is -0.129. The van der Waals surface area contributed by atoms with Crippen molar-refractivity contribution in [2.45, 2.75) is 56.6 Å². The van der Waals surface area contributed by atoms with Crippen LogP contribution in [0, 0.1) is 23.2 Å². The van der Waals surface area contributed by atoms with Crippen molar-refractivity contribution in [1.82, 2.24) is 14.9 Å². The van der Waals surface area contributed by atoms with Gasteiger partial charge in [-0.25, -0.2) is 4.98 Å². The molecule has 1 heterocycles. The van der Waals surface area contributed by atoms with Gasteiger partial charge in [0.2, 0.25) is 5.91 Å². The Labute approximate surface area is 142 Å². The normalized spacial score (nSPS) is 34.8. The van der Waals surface area contributed by atoms with Crippen molar-refractivity contribution in [3.63, 3.8) is 0 Å². The zero-order chi connectivity index (χ0) is 16.0. The Bertz CT molecular complexity index is 574. The standard InChI is InChI=1S/C18H27N3OS/c1-21-15(11-20-17(21)23-2)10-19-16(22)9-18-6-12-3-13(7-18)5-14(4-12)8-18/h11-14H,3-10H2,1-2H3,(H,19,22). The summed E-state index contributed by atoms with van der Waals surface area (Å²) < 4.78 is 2.07. The molecule has 0 unspecified atom stereocenters. The minimum atomic E-state index is 0.235. The maximum atomic E-state index is 12.5. The van der Waals surface area contributed by atoms with E-state index in [9.17, 15) is 4.79 Å². The van der Waals surface area contributed by atoms with Gasteiger partial charge in [-0.1, -0.05) is 11.8 Å². The second-order valence-corrected chi connectivity index (χ2v) is 8.94. The zero-order valence-electron chi connectivity index (χ0n) is 14.2. The molecule has 4 bridgehead atoms. The Balaban J connectivity index is 1.36. The summed E-state index contributed by atoms with van der Waals surface area (Å²) in [5, 5.41) is 4.14. The molecule has 126 valence electrons. The van der Waals surface area contributed by atoms with Gasteiger partial charge in [-0.3, -0.25) is 4.79 Å². The van der Waals surface area contributed by atoms with Crippen molar-refractivity contribution < 1.29 is 4.79 Å². The highest BCUT2D eigenvalue weighted by Crippen LogP contribution is 2.61. The van der Waals surface area contributed by atoms with Gasteiger partial charge in [0.15, 0.2) is 5.16 Å². The number of carbonyl (C=O) groups excluding carboxylic acids is 1. The van der Waals surface area contributed by atoms with Crippen LogP contribution in [0.1, 0.15) is 50.6 Å². The number of hydrogen-bond acceptors (Lipinski definition) is 3. The molecular weight excluding hydrogens is 306 g/mol. The number of carbonyl (C=O) groups is 1. The molecule has 0 radical (unpaired) electrons. The second kappa shape index (κ2) is 5.83. The number of aromatic nitrogens is 2. The fourth-order valence-corrected chi connectivity index (χ4v) is 6.43. The summed E-state index contributed by atoms with van der Waals surface area (Å²) in [7, 11) is 2.01. The molecule has 5 rings (SSSR count). The van der Waals surface area contributed by atoms with Crippen molar-refractivity contribution >= 4 is 17.7 Å². The first-order valence-corrected chi connectivity index (χ1v) is 10.1. The van der Waals surface area contributed by atoms with Gasteiger partial charge in [0.1, 0.15) is 0 Å². The third-order valence-corrected chi connectivity index (χ3v) is 7.14. The fourth-order valence-electron chi connectivity index (χ4n) is 5.88. The van der Waals surface area contributed by atoms with Gasteiger partial charge < -0.3 is 9.88 Å². The van der Waals surface area contributed by atoms with Crippen LogP contribution < -0.4 is 5.32 Å². The van der Waals surface area contributed by atoms with E-state index in [-0.39, 0.29) is 5.91 Å². The molecule has 1 amide bonds. The second-order valence-electron chi connectivity index (χ2n) is 8.17. The number of nitrogens with one attached hydrogen (secondary N) is 1. The largest absolute Gasteiger partial charge is 0.350 e. The van der Waals surface area contributed by atoms with Gasteiger partial charge in [0, 0.05) is 13.5 Å². The Kier molecular flexibility index (Phi) is 3.94. The predicted molar refractivity (Wildman–Crippen MR) is 92.1 cm³/mol. The molecule has 1 aromatic rings. The lowest BCUT2D eigenvalue weighted by Crippen LogP contribution is -2.48. The monoisotopic (exact) mass is 333 g/mol. The van der Waals surface area contributed by atoms with Crippen LogP contribution in [-0.2, 0) is 18.4 Å². The van der Waals surface area contributed by atoms with Crippen LogP contribution in [0.3, 0.4) is 0 Å². The third kappa shape index (κ3) is 2.92. The maximum Gasteiger partial charge on any atom is 0.220 e. The van der Waals surface area contributed by atoms with Gasteiger partial charge in [0.05, 0.1) is 18.4 Å². The van der Waals surface area contributed by atoms with Crippen LogP contribution in [0.5, 0.6) is 0 Å². The zero-order valence-corrected chi connectivity index (χ0v) is 15.0. The molecule has 23 heavy (non-hydrogen) atoms. The third-order valence-electron chi connectivity index (χ3n) is 6.39. The molecule has 1 N–H and O–H groups in total. The van der Waals surface area contributed by atoms with Crippen LogP contribution in [0.2, 0.25) is 0 Å². The maximum absolute atomic E-state index is 12.5. The number of nitrogens with zero attached hydrogens (tertiary/aromatic N) is 2. The predicted octanol–water partition coefficient (Wildman–Crippen LogP) is 3.36. The van der Waals surface area contributed by atoms with Gasteiger partial charge in [-0.05, 0) is 67.9 Å². The van der Waals surface area contributed by atoms with Crippen LogP contribution in [0.4, 0.5) is 0 Å². The summed E-state index contributed by atoms with van der Waals surface area (Å²) >= 11 is 1.63. The summed E-state index contributed by atoms with van der Waals surface area (Å²) in [6.45, 7) is 0.593. The van der Waals surface area contributed by atoms with Gasteiger partial charge in [-0.2, -0.15) is 0 Å². The molecular formula is C18H27N3OS. The molecule has 0 saturated heterocycles. The van der Waals surface area contributed by atoms with Crippen molar-refractivity contribution in [2.24, 2.45) is 30.2 Å². The smallest absolute Gasteiger partial charge is 0.220 e. The van der Waals surface area contributed by atoms with E-state index in [1.165, 1.54) is 38.5 Å². The fraction of sp³-hybridized carbons (Fsp3) is 0.778. The SMILES string of the molecule is CSc1ncc(CNC(=O)CC23CC4CC(CC(C4)C2)C3)n1C. The summed E-state index contributed by atoms with van der Waals surface area (Å²) in [4.78, 5) is 16.9. The van der Waals surface area contributed by atoms with Gasteiger partial charge in [-0.15, -0.1) is 0 Å². The lowest BCUT2D eigenvalue weighted by Gasteiger charge is -2.56. The van der Waals surface area contributed by atoms with E-state index in [4.69, 9.17) is 0 Å². The van der Waals surface area contributed by atoms with Crippen molar-refractivity contribution in [3.8, 4) is 0 Å². The number of thioether (sulfide) groups is 1. The van der Waals surface area contributed by atoms with Crippen LogP contribution >= 0.6 is 11.8 Å². The molecule has 4 fully saturated rings. The Hall–Kier alpha value is -0.970. The van der Waals surface area contributed by atoms with Gasteiger partial charge in [0.25, 0.3) is 0 Å². The molecule has 4 saturated carbocycles. The van der Waals surface area contributed by atoms with Crippen molar-refractivity contribution in [1.29, 1.82) is 0 Å². The Morgan fingerprint density at radius 2 is 1.91 bits per heavy atom. The average molecular weight is 334 g/mol. The first-order chi connectivity index (χ1) is 11.1. The number of hydrogen-bond donors (Lipinski definition) is 1. The van der Waals surface area contributed by atoms with Crippen molar-refractivity contribution in [3.05, 3.63) is 11.9 Å². The first-order valence-electron chi connectivity index (χ1n) is 8.88. The lowest BCUT2D eigenvalue weighted by atomic mass is 9.49. The molecule has 1 aromatic heterocycles.